The molecule has 19 heavy (non-hydrogen) atoms. The smallest absolute Gasteiger partial charge is 0.255 e. The van der Waals surface area contributed by atoms with Crippen LogP contribution in [-0.4, -0.2) is 37.0 Å². The summed E-state index contributed by atoms with van der Waals surface area (Å²) in [5, 5.41) is 3.40. The van der Waals surface area contributed by atoms with E-state index in [1.165, 1.54) is 12.1 Å². The topological polar surface area (TPSA) is 32.3 Å². The summed E-state index contributed by atoms with van der Waals surface area (Å²) >= 11 is 6.07. The first-order chi connectivity index (χ1) is 9.04. The van der Waals surface area contributed by atoms with Gasteiger partial charge in [0.05, 0.1) is 10.6 Å². The maximum absolute atomic E-state index is 13.6. The minimum atomic E-state index is -0.392. The lowest BCUT2D eigenvalue weighted by Crippen LogP contribution is -2.41. The number of aryl methyl sites for hydroxylation is 1. The number of carbonyl (C=O) groups is 1. The summed E-state index contributed by atoms with van der Waals surface area (Å²) in [6.07, 6.45) is 1.95. The molecule has 0 saturated carbocycles. The van der Waals surface area contributed by atoms with Gasteiger partial charge in [-0.1, -0.05) is 11.6 Å². The first kappa shape index (κ1) is 14.3. The van der Waals surface area contributed by atoms with Crippen LogP contribution in [0.15, 0.2) is 12.1 Å². The van der Waals surface area contributed by atoms with Gasteiger partial charge in [-0.15, -0.1) is 0 Å². The summed E-state index contributed by atoms with van der Waals surface area (Å²) in [7, 11) is 1.86. The standard InChI is InChI=1S/C14H18ClFN2O/c1-9-6-12(15)11(7-13(9)16)14(19)18-5-3-4-10(18)8-17-2/h6-7,10,17H,3-5,8H2,1-2H3. The van der Waals surface area contributed by atoms with Gasteiger partial charge in [0.1, 0.15) is 5.82 Å². The molecule has 1 aromatic rings. The van der Waals surface area contributed by atoms with Crippen molar-refractivity contribution in [2.45, 2.75) is 25.8 Å². The molecule has 1 unspecified atom stereocenters. The van der Waals surface area contributed by atoms with Crippen LogP contribution in [0.1, 0.15) is 28.8 Å². The molecule has 0 spiro atoms. The van der Waals surface area contributed by atoms with Crippen LogP contribution in [0.5, 0.6) is 0 Å². The van der Waals surface area contributed by atoms with Gasteiger partial charge in [-0.05, 0) is 44.5 Å². The number of halogens is 2. The molecule has 1 aliphatic rings. The van der Waals surface area contributed by atoms with Crippen LogP contribution in [0.2, 0.25) is 5.02 Å². The summed E-state index contributed by atoms with van der Waals surface area (Å²) in [4.78, 5) is 14.2. The summed E-state index contributed by atoms with van der Waals surface area (Å²) in [6.45, 7) is 3.09. The van der Waals surface area contributed by atoms with E-state index in [1.807, 2.05) is 7.05 Å². The van der Waals surface area contributed by atoms with Gasteiger partial charge in [-0.2, -0.15) is 0 Å². The van der Waals surface area contributed by atoms with Gasteiger partial charge in [0.2, 0.25) is 0 Å². The Bertz CT molecular complexity index is 493. The second-order valence-electron chi connectivity index (χ2n) is 4.93. The van der Waals surface area contributed by atoms with Crippen molar-refractivity contribution in [1.29, 1.82) is 0 Å². The van der Waals surface area contributed by atoms with Crippen LogP contribution in [0, 0.1) is 12.7 Å². The third-order valence-electron chi connectivity index (χ3n) is 3.56. The van der Waals surface area contributed by atoms with Gasteiger partial charge >= 0.3 is 0 Å². The molecule has 1 fully saturated rings. The van der Waals surface area contributed by atoms with E-state index in [9.17, 15) is 9.18 Å². The molecule has 1 amide bonds. The fourth-order valence-corrected chi connectivity index (χ4v) is 2.81. The van der Waals surface area contributed by atoms with Crippen molar-refractivity contribution in [3.8, 4) is 0 Å². The van der Waals surface area contributed by atoms with E-state index < -0.39 is 5.82 Å². The highest BCUT2D eigenvalue weighted by atomic mass is 35.5. The third-order valence-corrected chi connectivity index (χ3v) is 3.87. The molecule has 2 rings (SSSR count). The lowest BCUT2D eigenvalue weighted by molar-refractivity contribution is 0.0736. The number of likely N-dealkylation sites (tertiary alicyclic amines) is 1. The molecule has 104 valence electrons. The van der Waals surface area contributed by atoms with Crippen molar-refractivity contribution in [1.82, 2.24) is 10.2 Å². The SMILES string of the molecule is CNCC1CCCN1C(=O)c1cc(F)c(C)cc1Cl. The van der Waals surface area contributed by atoms with Crippen LogP contribution in [-0.2, 0) is 0 Å². The lowest BCUT2D eigenvalue weighted by atomic mass is 10.1. The van der Waals surface area contributed by atoms with Crippen LogP contribution in [0.3, 0.4) is 0 Å². The van der Waals surface area contributed by atoms with Crippen molar-refractivity contribution in [3.05, 3.63) is 34.1 Å². The monoisotopic (exact) mass is 284 g/mol. The molecule has 0 aliphatic carbocycles. The number of amides is 1. The molecular formula is C14H18ClFN2O. The molecular weight excluding hydrogens is 267 g/mol. The lowest BCUT2D eigenvalue weighted by Gasteiger charge is -2.25. The fourth-order valence-electron chi connectivity index (χ4n) is 2.52. The maximum atomic E-state index is 13.6. The number of rotatable bonds is 3. The molecule has 1 atom stereocenters. The normalized spacial score (nSPS) is 18.9. The second kappa shape index (κ2) is 5.88. The van der Waals surface area contributed by atoms with Gasteiger partial charge in [-0.3, -0.25) is 4.79 Å². The zero-order valence-corrected chi connectivity index (χ0v) is 11.9. The van der Waals surface area contributed by atoms with Crippen LogP contribution in [0.4, 0.5) is 4.39 Å². The van der Waals surface area contributed by atoms with Crippen molar-refractivity contribution in [2.24, 2.45) is 0 Å². The zero-order valence-electron chi connectivity index (χ0n) is 11.2. The molecule has 5 heteroatoms. The van der Waals surface area contributed by atoms with Gasteiger partial charge in [-0.25, -0.2) is 4.39 Å². The average molecular weight is 285 g/mol. The highest BCUT2D eigenvalue weighted by Gasteiger charge is 2.30. The molecule has 1 aliphatic heterocycles. The largest absolute Gasteiger partial charge is 0.334 e. The van der Waals surface area contributed by atoms with Crippen molar-refractivity contribution in [2.75, 3.05) is 20.1 Å². The highest BCUT2D eigenvalue weighted by Crippen LogP contribution is 2.25. The average Bonchev–Trinajstić information content (AvgIpc) is 2.82. The maximum Gasteiger partial charge on any atom is 0.255 e. The Hall–Kier alpha value is -1.13. The zero-order chi connectivity index (χ0) is 14.0. The van der Waals surface area contributed by atoms with E-state index in [-0.39, 0.29) is 17.5 Å². The fraction of sp³-hybridized carbons (Fsp3) is 0.500. The van der Waals surface area contributed by atoms with Crippen LogP contribution >= 0.6 is 11.6 Å². The van der Waals surface area contributed by atoms with E-state index in [0.29, 0.717) is 17.1 Å². The third kappa shape index (κ3) is 2.90. The van der Waals surface area contributed by atoms with E-state index in [1.54, 1.807) is 11.8 Å². The summed E-state index contributed by atoms with van der Waals surface area (Å²) in [5.41, 5.74) is 0.711. The minimum absolute atomic E-state index is 0.165. The van der Waals surface area contributed by atoms with Gasteiger partial charge in [0.25, 0.3) is 5.91 Å². The molecule has 1 heterocycles. The number of hydrogen-bond acceptors (Lipinski definition) is 2. The van der Waals surface area contributed by atoms with Crippen molar-refractivity contribution >= 4 is 17.5 Å². The first-order valence-corrected chi connectivity index (χ1v) is 6.83. The second-order valence-corrected chi connectivity index (χ2v) is 5.34. The summed E-state index contributed by atoms with van der Waals surface area (Å²) in [6, 6.07) is 2.92. The first-order valence-electron chi connectivity index (χ1n) is 6.45. The molecule has 3 nitrogen and oxygen atoms in total. The van der Waals surface area contributed by atoms with Crippen LogP contribution < -0.4 is 5.32 Å². The molecule has 1 N–H and O–H groups in total. The highest BCUT2D eigenvalue weighted by molar-refractivity contribution is 6.33. The summed E-state index contributed by atoms with van der Waals surface area (Å²) in [5.74, 6) is -0.571. The number of carbonyl (C=O) groups excluding carboxylic acids is 1. The Balaban J connectivity index is 2.26. The van der Waals surface area contributed by atoms with E-state index in [2.05, 4.69) is 5.32 Å². The minimum Gasteiger partial charge on any atom is -0.334 e. The Kier molecular flexibility index (Phi) is 4.42. The number of benzene rings is 1. The quantitative estimate of drug-likeness (QED) is 0.925. The predicted octanol–water partition coefficient (Wildman–Crippen LogP) is 2.61. The van der Waals surface area contributed by atoms with E-state index in [0.717, 1.165) is 19.4 Å². The van der Waals surface area contributed by atoms with Gasteiger partial charge in [0, 0.05) is 19.1 Å². The van der Waals surface area contributed by atoms with Gasteiger partial charge in [0.15, 0.2) is 0 Å². The number of nitrogens with zero attached hydrogens (tertiary/aromatic N) is 1. The molecule has 0 aromatic heterocycles. The Morgan fingerprint density at radius 2 is 2.32 bits per heavy atom. The number of likely N-dealkylation sites (N-methyl/N-ethyl adjacent to an activating group) is 1. The number of hydrogen-bond donors (Lipinski definition) is 1. The summed E-state index contributed by atoms with van der Waals surface area (Å²) < 4.78 is 13.6. The molecule has 0 bridgehead atoms. The Labute approximate surface area is 117 Å². The number of nitrogens with one attached hydrogen (secondary N) is 1. The predicted molar refractivity (Wildman–Crippen MR) is 74.1 cm³/mol. The van der Waals surface area contributed by atoms with Crippen molar-refractivity contribution < 1.29 is 9.18 Å². The van der Waals surface area contributed by atoms with E-state index in [4.69, 9.17) is 11.6 Å². The Morgan fingerprint density at radius 3 is 3.00 bits per heavy atom. The molecule has 1 saturated heterocycles. The Morgan fingerprint density at radius 1 is 1.58 bits per heavy atom. The van der Waals surface area contributed by atoms with Gasteiger partial charge < -0.3 is 10.2 Å². The van der Waals surface area contributed by atoms with Crippen molar-refractivity contribution in [3.63, 3.8) is 0 Å². The molecule has 1 aromatic carbocycles. The van der Waals surface area contributed by atoms with E-state index >= 15 is 0 Å². The molecule has 0 radical (unpaired) electrons. The van der Waals surface area contributed by atoms with Crippen LogP contribution in [0.25, 0.3) is 0 Å².